The maximum atomic E-state index is 9.91. The van der Waals surface area contributed by atoms with Crippen LogP contribution in [0.5, 0.6) is 0 Å². The van der Waals surface area contributed by atoms with Gasteiger partial charge in [-0.25, -0.2) is 15.0 Å². The molecule has 8 heteroatoms. The van der Waals surface area contributed by atoms with E-state index in [1.165, 1.54) is 17.2 Å². The van der Waals surface area contributed by atoms with Crippen LogP contribution in [-0.2, 0) is 4.74 Å². The van der Waals surface area contributed by atoms with Gasteiger partial charge in [-0.15, -0.1) is 0 Å². The maximum absolute atomic E-state index is 9.91. The predicted molar refractivity (Wildman–Crippen MR) is 58.3 cm³/mol. The Hall–Kier alpha value is -1.61. The molecule has 0 saturated carbocycles. The Morgan fingerprint density at radius 2 is 2.11 bits per heavy atom. The predicted octanol–water partition coefficient (Wildman–Crippen LogP) is -1.56. The summed E-state index contributed by atoms with van der Waals surface area (Å²) < 4.78 is 6.91. The first-order valence-corrected chi connectivity index (χ1v) is 5.47. The number of aliphatic hydroxyl groups excluding tert-OH is 3. The minimum absolute atomic E-state index is 0.365. The zero-order valence-corrected chi connectivity index (χ0v) is 9.29. The lowest BCUT2D eigenvalue weighted by Gasteiger charge is -2.16. The van der Waals surface area contributed by atoms with E-state index in [9.17, 15) is 10.2 Å². The summed E-state index contributed by atoms with van der Waals surface area (Å²) in [5.41, 5.74) is 1.06. The Morgan fingerprint density at radius 1 is 1.28 bits per heavy atom. The quantitative estimate of drug-likeness (QED) is 0.592. The van der Waals surface area contributed by atoms with Gasteiger partial charge in [0.1, 0.15) is 30.2 Å². The number of hydrogen-bond donors (Lipinski definition) is 3. The average molecular weight is 252 g/mol. The molecule has 1 aliphatic rings. The van der Waals surface area contributed by atoms with Gasteiger partial charge in [0.15, 0.2) is 11.9 Å². The van der Waals surface area contributed by atoms with E-state index >= 15 is 0 Å². The van der Waals surface area contributed by atoms with E-state index in [-0.39, 0.29) is 6.61 Å². The molecular weight excluding hydrogens is 240 g/mol. The molecule has 1 aliphatic heterocycles. The van der Waals surface area contributed by atoms with Crippen molar-refractivity contribution in [1.82, 2.24) is 19.5 Å². The molecule has 3 rings (SSSR count). The van der Waals surface area contributed by atoms with Crippen molar-refractivity contribution in [2.75, 3.05) is 6.61 Å². The molecule has 18 heavy (non-hydrogen) atoms. The van der Waals surface area contributed by atoms with E-state index in [1.807, 2.05) is 0 Å². The van der Waals surface area contributed by atoms with Crippen LogP contribution in [0.1, 0.15) is 6.23 Å². The molecule has 0 spiro atoms. The summed E-state index contributed by atoms with van der Waals surface area (Å²) in [6.45, 7) is -0.365. The van der Waals surface area contributed by atoms with Crippen LogP contribution in [0.4, 0.5) is 0 Å². The number of rotatable bonds is 2. The summed E-state index contributed by atoms with van der Waals surface area (Å²) in [7, 11) is 0. The molecule has 0 radical (unpaired) electrons. The van der Waals surface area contributed by atoms with Crippen LogP contribution >= 0.6 is 0 Å². The van der Waals surface area contributed by atoms with E-state index in [0.717, 1.165) is 0 Å². The maximum Gasteiger partial charge on any atom is 0.165 e. The largest absolute Gasteiger partial charge is 0.394 e. The third-order valence-electron chi connectivity index (χ3n) is 3.03. The lowest BCUT2D eigenvalue weighted by atomic mass is 10.1. The first-order chi connectivity index (χ1) is 8.72. The highest BCUT2D eigenvalue weighted by Crippen LogP contribution is 2.30. The first-order valence-electron chi connectivity index (χ1n) is 5.47. The lowest BCUT2D eigenvalue weighted by Crippen LogP contribution is -2.33. The molecule has 0 aromatic carbocycles. The van der Waals surface area contributed by atoms with E-state index in [2.05, 4.69) is 15.0 Å². The Kier molecular flexibility index (Phi) is 2.71. The van der Waals surface area contributed by atoms with Gasteiger partial charge in [-0.05, 0) is 0 Å². The van der Waals surface area contributed by atoms with Crippen LogP contribution in [-0.4, -0.2) is 59.8 Å². The molecule has 0 unspecified atom stereocenters. The fourth-order valence-corrected chi connectivity index (χ4v) is 2.08. The van der Waals surface area contributed by atoms with Gasteiger partial charge in [0.25, 0.3) is 0 Å². The standard InChI is InChI=1S/C10H12N4O4/c15-2-6-7(16)8(17)10(18-6)14-4-13-5-1-11-3-12-9(5)14/h1,3-4,6-8,10,15-17H,2H2/t6-,7-,8+,10-/m1/s1. The molecule has 4 atom stereocenters. The summed E-state index contributed by atoms with van der Waals surface area (Å²) in [6.07, 6.45) is 0.442. The normalized spacial score (nSPS) is 32.2. The number of aliphatic hydroxyl groups is 3. The lowest BCUT2D eigenvalue weighted by molar-refractivity contribution is -0.0511. The molecule has 3 heterocycles. The second-order valence-electron chi connectivity index (χ2n) is 4.11. The Bertz CT molecular complexity index is 560. The van der Waals surface area contributed by atoms with Crippen LogP contribution in [0.15, 0.2) is 18.9 Å². The minimum Gasteiger partial charge on any atom is -0.394 e. The molecule has 96 valence electrons. The Morgan fingerprint density at radius 3 is 2.83 bits per heavy atom. The van der Waals surface area contributed by atoms with Crippen molar-refractivity contribution in [1.29, 1.82) is 0 Å². The molecule has 8 nitrogen and oxygen atoms in total. The first kappa shape index (κ1) is 11.5. The molecule has 0 bridgehead atoms. The Labute approximate surface area is 102 Å². The van der Waals surface area contributed by atoms with Crippen LogP contribution in [0, 0.1) is 0 Å². The van der Waals surface area contributed by atoms with Crippen molar-refractivity contribution < 1.29 is 20.1 Å². The van der Waals surface area contributed by atoms with Gasteiger partial charge in [-0.3, -0.25) is 4.57 Å². The van der Waals surface area contributed by atoms with Gasteiger partial charge in [0.05, 0.1) is 19.1 Å². The van der Waals surface area contributed by atoms with Gasteiger partial charge in [0, 0.05) is 0 Å². The van der Waals surface area contributed by atoms with Crippen molar-refractivity contribution in [3.05, 3.63) is 18.9 Å². The highest BCUT2D eigenvalue weighted by Gasteiger charge is 2.43. The van der Waals surface area contributed by atoms with Crippen LogP contribution in [0.25, 0.3) is 11.2 Å². The topological polar surface area (TPSA) is 114 Å². The van der Waals surface area contributed by atoms with Crippen molar-refractivity contribution in [2.45, 2.75) is 24.5 Å². The van der Waals surface area contributed by atoms with Gasteiger partial charge in [-0.1, -0.05) is 0 Å². The second-order valence-corrected chi connectivity index (χ2v) is 4.11. The van der Waals surface area contributed by atoms with Crippen LogP contribution in [0.2, 0.25) is 0 Å². The van der Waals surface area contributed by atoms with E-state index in [0.29, 0.717) is 11.2 Å². The molecule has 2 aromatic heterocycles. The van der Waals surface area contributed by atoms with Gasteiger partial charge in [-0.2, -0.15) is 0 Å². The summed E-state index contributed by atoms with van der Waals surface area (Å²) in [6, 6.07) is 0. The zero-order chi connectivity index (χ0) is 12.7. The third kappa shape index (κ3) is 1.58. The molecular formula is C10H12N4O4. The molecule has 1 saturated heterocycles. The van der Waals surface area contributed by atoms with Crippen LogP contribution in [0.3, 0.4) is 0 Å². The summed E-state index contributed by atoms with van der Waals surface area (Å²) in [5.74, 6) is 0. The van der Waals surface area contributed by atoms with Gasteiger partial charge < -0.3 is 20.1 Å². The fourth-order valence-electron chi connectivity index (χ4n) is 2.08. The molecule has 3 N–H and O–H groups in total. The van der Waals surface area contributed by atoms with Crippen molar-refractivity contribution in [2.24, 2.45) is 0 Å². The van der Waals surface area contributed by atoms with Crippen molar-refractivity contribution >= 4 is 11.2 Å². The van der Waals surface area contributed by atoms with Gasteiger partial charge in [0.2, 0.25) is 0 Å². The van der Waals surface area contributed by atoms with Crippen molar-refractivity contribution in [3.63, 3.8) is 0 Å². The van der Waals surface area contributed by atoms with Crippen molar-refractivity contribution in [3.8, 4) is 0 Å². The zero-order valence-electron chi connectivity index (χ0n) is 9.29. The monoisotopic (exact) mass is 252 g/mol. The second kappa shape index (κ2) is 4.25. The number of hydrogen-bond acceptors (Lipinski definition) is 7. The highest BCUT2D eigenvalue weighted by molar-refractivity contribution is 5.68. The number of nitrogens with zero attached hydrogens (tertiary/aromatic N) is 4. The number of ether oxygens (including phenoxy) is 1. The number of aromatic nitrogens is 4. The number of imidazole rings is 1. The molecule has 0 amide bonds. The summed E-state index contributed by atoms with van der Waals surface area (Å²) >= 11 is 0. The van der Waals surface area contributed by atoms with Crippen LogP contribution < -0.4 is 0 Å². The smallest absolute Gasteiger partial charge is 0.165 e. The van der Waals surface area contributed by atoms with E-state index in [4.69, 9.17) is 9.84 Å². The minimum atomic E-state index is -1.14. The third-order valence-corrected chi connectivity index (χ3v) is 3.03. The number of fused-ring (bicyclic) bond motifs is 1. The van der Waals surface area contributed by atoms with E-state index < -0.39 is 24.5 Å². The Balaban J connectivity index is 2.00. The van der Waals surface area contributed by atoms with E-state index in [1.54, 1.807) is 6.20 Å². The molecule has 0 aliphatic carbocycles. The SMILES string of the molecule is OC[C@H]1O[C@@H](n2cnc3cncnc32)[C@@H](O)[C@@H]1O. The average Bonchev–Trinajstić information content (AvgIpc) is 2.93. The molecule has 1 fully saturated rings. The molecule has 2 aromatic rings. The highest BCUT2D eigenvalue weighted by atomic mass is 16.6. The summed E-state index contributed by atoms with van der Waals surface area (Å²) in [4.78, 5) is 12.0. The fraction of sp³-hybridized carbons (Fsp3) is 0.500. The van der Waals surface area contributed by atoms with Gasteiger partial charge >= 0.3 is 0 Å². The summed E-state index contributed by atoms with van der Waals surface area (Å²) in [5, 5.41) is 28.6.